The molecule has 1 fully saturated rings. The molecule has 19 heavy (non-hydrogen) atoms. The Morgan fingerprint density at radius 3 is 1.95 bits per heavy atom. The van der Waals surface area contributed by atoms with E-state index < -0.39 is 11.9 Å². The SMILES string of the molecule is CC(C)C(CNC(=O)NC1C(C)(C)C1(C)C)C(=O)O. The van der Waals surface area contributed by atoms with E-state index in [1.807, 2.05) is 13.8 Å². The largest absolute Gasteiger partial charge is 0.481 e. The lowest BCUT2D eigenvalue weighted by molar-refractivity contribution is -0.142. The molecule has 1 aliphatic rings. The van der Waals surface area contributed by atoms with Crippen molar-refractivity contribution in [3.63, 3.8) is 0 Å². The molecule has 0 aromatic carbocycles. The first-order valence-corrected chi connectivity index (χ1v) is 6.79. The van der Waals surface area contributed by atoms with E-state index in [-0.39, 0.29) is 35.4 Å². The van der Waals surface area contributed by atoms with Crippen LogP contribution in [-0.2, 0) is 4.79 Å². The van der Waals surface area contributed by atoms with Crippen LogP contribution in [0.15, 0.2) is 0 Å². The third kappa shape index (κ3) is 3.01. The second-order valence-electron chi connectivity index (χ2n) is 6.92. The van der Waals surface area contributed by atoms with Crippen LogP contribution < -0.4 is 10.6 Å². The number of carbonyl (C=O) groups is 2. The Balaban J connectivity index is 2.44. The summed E-state index contributed by atoms with van der Waals surface area (Å²) in [5.74, 6) is -1.43. The van der Waals surface area contributed by atoms with Gasteiger partial charge in [0, 0.05) is 12.6 Å². The van der Waals surface area contributed by atoms with Gasteiger partial charge in [-0.2, -0.15) is 0 Å². The van der Waals surface area contributed by atoms with E-state index in [2.05, 4.69) is 38.3 Å². The van der Waals surface area contributed by atoms with Crippen LogP contribution in [0.1, 0.15) is 41.5 Å². The molecule has 5 heteroatoms. The highest BCUT2D eigenvalue weighted by Gasteiger charge is 2.65. The number of carbonyl (C=O) groups excluding carboxylic acids is 1. The van der Waals surface area contributed by atoms with Crippen LogP contribution in [0.25, 0.3) is 0 Å². The first-order valence-electron chi connectivity index (χ1n) is 6.79. The normalized spacial score (nSPS) is 21.8. The summed E-state index contributed by atoms with van der Waals surface area (Å²) in [6.45, 7) is 12.3. The van der Waals surface area contributed by atoms with E-state index in [0.29, 0.717) is 0 Å². The topological polar surface area (TPSA) is 78.4 Å². The lowest BCUT2D eigenvalue weighted by Gasteiger charge is -2.17. The maximum Gasteiger partial charge on any atom is 0.315 e. The summed E-state index contributed by atoms with van der Waals surface area (Å²) >= 11 is 0. The molecule has 110 valence electrons. The van der Waals surface area contributed by atoms with Gasteiger partial charge in [-0.3, -0.25) is 4.79 Å². The molecule has 0 saturated heterocycles. The molecule has 1 atom stereocenters. The number of urea groups is 1. The summed E-state index contributed by atoms with van der Waals surface area (Å²) in [5.41, 5.74) is 0.156. The number of hydrogen-bond acceptors (Lipinski definition) is 2. The van der Waals surface area contributed by atoms with Crippen molar-refractivity contribution in [2.45, 2.75) is 47.6 Å². The molecule has 1 unspecified atom stereocenters. The number of amides is 2. The van der Waals surface area contributed by atoms with Crippen molar-refractivity contribution in [1.82, 2.24) is 10.6 Å². The van der Waals surface area contributed by atoms with Gasteiger partial charge in [0.15, 0.2) is 0 Å². The number of nitrogens with one attached hydrogen (secondary N) is 2. The van der Waals surface area contributed by atoms with Gasteiger partial charge in [0.25, 0.3) is 0 Å². The van der Waals surface area contributed by atoms with E-state index in [4.69, 9.17) is 5.11 Å². The predicted octanol–water partition coefficient (Wildman–Crippen LogP) is 2.08. The highest BCUT2D eigenvalue weighted by molar-refractivity contribution is 5.76. The minimum atomic E-state index is -0.873. The van der Waals surface area contributed by atoms with Crippen LogP contribution in [0, 0.1) is 22.7 Å². The van der Waals surface area contributed by atoms with Gasteiger partial charge in [-0.25, -0.2) is 4.79 Å². The molecule has 1 rings (SSSR count). The fourth-order valence-electron chi connectivity index (χ4n) is 2.55. The van der Waals surface area contributed by atoms with Crippen LogP contribution in [0.5, 0.6) is 0 Å². The molecule has 0 aromatic heterocycles. The molecule has 1 saturated carbocycles. The monoisotopic (exact) mass is 270 g/mol. The zero-order valence-corrected chi connectivity index (χ0v) is 12.7. The van der Waals surface area contributed by atoms with Crippen LogP contribution in [0.4, 0.5) is 4.79 Å². The van der Waals surface area contributed by atoms with Crippen LogP contribution in [-0.4, -0.2) is 29.7 Å². The standard InChI is InChI=1S/C14H26N2O3/c1-8(2)9(10(17)18)7-15-12(19)16-11-13(3,4)14(11,5)6/h8-9,11H,7H2,1-6H3,(H,17,18)(H2,15,16,19). The summed E-state index contributed by atoms with van der Waals surface area (Å²) < 4.78 is 0. The molecule has 0 radical (unpaired) electrons. The Labute approximate surface area is 115 Å². The number of carboxylic acids is 1. The number of aliphatic carboxylic acids is 1. The van der Waals surface area contributed by atoms with E-state index in [1.54, 1.807) is 0 Å². The average molecular weight is 270 g/mol. The summed E-state index contributed by atoms with van der Waals surface area (Å²) in [5, 5.41) is 14.6. The van der Waals surface area contributed by atoms with E-state index >= 15 is 0 Å². The molecule has 2 amide bonds. The van der Waals surface area contributed by atoms with Crippen molar-refractivity contribution >= 4 is 12.0 Å². The van der Waals surface area contributed by atoms with E-state index in [0.717, 1.165) is 0 Å². The van der Waals surface area contributed by atoms with Gasteiger partial charge in [-0.15, -0.1) is 0 Å². The minimum absolute atomic E-state index is 0.00777. The number of carboxylic acid groups (broad SMARTS) is 1. The molecular formula is C14H26N2O3. The molecule has 3 N–H and O–H groups in total. The van der Waals surface area contributed by atoms with Gasteiger partial charge in [-0.1, -0.05) is 41.5 Å². The Hall–Kier alpha value is -1.26. The van der Waals surface area contributed by atoms with E-state index in [9.17, 15) is 9.59 Å². The van der Waals surface area contributed by atoms with Crippen LogP contribution in [0.3, 0.4) is 0 Å². The molecule has 0 bridgehead atoms. The zero-order valence-electron chi connectivity index (χ0n) is 12.7. The second-order valence-corrected chi connectivity index (χ2v) is 6.92. The van der Waals surface area contributed by atoms with Crippen molar-refractivity contribution in [1.29, 1.82) is 0 Å². The molecule has 5 nitrogen and oxygen atoms in total. The lowest BCUT2D eigenvalue weighted by Crippen LogP contribution is -2.43. The summed E-state index contributed by atoms with van der Waals surface area (Å²) in [7, 11) is 0. The van der Waals surface area contributed by atoms with Gasteiger partial charge in [0.2, 0.25) is 0 Å². The zero-order chi connectivity index (χ0) is 15.0. The quantitative estimate of drug-likeness (QED) is 0.715. The molecule has 0 aromatic rings. The van der Waals surface area contributed by atoms with Crippen molar-refractivity contribution in [2.75, 3.05) is 6.54 Å². The highest BCUT2D eigenvalue weighted by atomic mass is 16.4. The van der Waals surface area contributed by atoms with Crippen LogP contribution in [0.2, 0.25) is 0 Å². The third-order valence-electron chi connectivity index (χ3n) is 4.90. The van der Waals surface area contributed by atoms with Gasteiger partial charge in [-0.05, 0) is 16.7 Å². The molecular weight excluding hydrogens is 244 g/mol. The van der Waals surface area contributed by atoms with Gasteiger partial charge < -0.3 is 15.7 Å². The fraction of sp³-hybridized carbons (Fsp3) is 0.857. The average Bonchev–Trinajstić information content (AvgIpc) is 2.60. The van der Waals surface area contributed by atoms with Crippen molar-refractivity contribution in [3.8, 4) is 0 Å². The smallest absolute Gasteiger partial charge is 0.315 e. The minimum Gasteiger partial charge on any atom is -0.481 e. The van der Waals surface area contributed by atoms with Gasteiger partial charge in [0.1, 0.15) is 0 Å². The van der Waals surface area contributed by atoms with Crippen molar-refractivity contribution in [2.24, 2.45) is 22.7 Å². The number of rotatable bonds is 5. The highest BCUT2D eigenvalue weighted by Crippen LogP contribution is 2.62. The Morgan fingerprint density at radius 1 is 1.16 bits per heavy atom. The van der Waals surface area contributed by atoms with E-state index in [1.165, 1.54) is 0 Å². The Kier molecular flexibility index (Phi) is 4.17. The van der Waals surface area contributed by atoms with Crippen LogP contribution >= 0.6 is 0 Å². The van der Waals surface area contributed by atoms with Crippen molar-refractivity contribution < 1.29 is 14.7 Å². The maximum absolute atomic E-state index is 11.8. The first-order chi connectivity index (χ1) is 8.51. The van der Waals surface area contributed by atoms with Crippen molar-refractivity contribution in [3.05, 3.63) is 0 Å². The number of hydrogen-bond donors (Lipinski definition) is 3. The molecule has 0 spiro atoms. The summed E-state index contributed by atoms with van der Waals surface area (Å²) in [6.07, 6.45) is 0. The Morgan fingerprint density at radius 2 is 1.63 bits per heavy atom. The second kappa shape index (κ2) is 5.02. The summed E-state index contributed by atoms with van der Waals surface area (Å²) in [4.78, 5) is 22.8. The lowest BCUT2D eigenvalue weighted by atomic mass is 9.96. The predicted molar refractivity (Wildman–Crippen MR) is 73.8 cm³/mol. The molecule has 0 aliphatic heterocycles. The summed E-state index contributed by atoms with van der Waals surface area (Å²) in [6, 6.07) is -0.155. The molecule has 0 heterocycles. The van der Waals surface area contributed by atoms with Gasteiger partial charge in [0.05, 0.1) is 5.92 Å². The first kappa shape index (κ1) is 15.8. The maximum atomic E-state index is 11.8. The Bertz CT molecular complexity index is 361. The third-order valence-corrected chi connectivity index (χ3v) is 4.90. The molecule has 1 aliphatic carbocycles. The fourth-order valence-corrected chi connectivity index (χ4v) is 2.55. The van der Waals surface area contributed by atoms with Gasteiger partial charge >= 0.3 is 12.0 Å².